The Bertz CT molecular complexity index is 2670. The van der Waals surface area contributed by atoms with E-state index in [1.807, 2.05) is 6.07 Å². The summed E-state index contributed by atoms with van der Waals surface area (Å²) >= 11 is 0. The molecule has 0 aliphatic rings. The molecule has 49 heavy (non-hydrogen) atoms. The molecule has 0 N–H and O–H groups in total. The second kappa shape index (κ2) is 11.7. The maximum Gasteiger partial charge on any atom is 0.227 e. The van der Waals surface area contributed by atoms with Crippen LogP contribution in [0.1, 0.15) is 11.1 Å². The Kier molecular flexibility index (Phi) is 6.91. The zero-order valence-corrected chi connectivity index (χ0v) is 27.3. The molecule has 3 nitrogen and oxygen atoms in total. The third-order valence-corrected chi connectivity index (χ3v) is 9.58. The quantitative estimate of drug-likeness (QED) is 0.190. The Balaban J connectivity index is 1.28. The molecule has 3 heteroatoms. The van der Waals surface area contributed by atoms with Crippen LogP contribution in [-0.4, -0.2) is 9.97 Å². The molecule has 0 saturated carbocycles. The molecule has 2 heterocycles. The van der Waals surface area contributed by atoms with Crippen molar-refractivity contribution in [1.29, 1.82) is 0 Å². The van der Waals surface area contributed by atoms with E-state index in [2.05, 4.69) is 166 Å². The summed E-state index contributed by atoms with van der Waals surface area (Å²) in [5.74, 6) is 0.656. The number of rotatable bonds is 5. The fourth-order valence-electron chi connectivity index (χ4n) is 7.22. The van der Waals surface area contributed by atoms with Gasteiger partial charge < -0.3 is 4.42 Å². The van der Waals surface area contributed by atoms with Crippen molar-refractivity contribution in [3.05, 3.63) is 169 Å². The molecule has 0 aliphatic carbocycles. The third kappa shape index (κ3) is 4.99. The highest BCUT2D eigenvalue weighted by Gasteiger charge is 2.20. The number of aryl methyl sites for hydroxylation is 2. The maximum atomic E-state index is 6.34. The Morgan fingerprint density at radius 3 is 1.96 bits per heavy atom. The summed E-state index contributed by atoms with van der Waals surface area (Å²) in [6, 6.07) is 55.6. The van der Waals surface area contributed by atoms with Gasteiger partial charge in [0.05, 0.1) is 11.4 Å². The molecule has 0 radical (unpaired) electrons. The summed E-state index contributed by atoms with van der Waals surface area (Å²) in [5, 5.41) is 4.66. The number of hydrogen-bond donors (Lipinski definition) is 0. The van der Waals surface area contributed by atoms with Crippen LogP contribution in [0, 0.1) is 13.8 Å². The van der Waals surface area contributed by atoms with Gasteiger partial charge >= 0.3 is 0 Å². The van der Waals surface area contributed by atoms with Gasteiger partial charge in [-0.1, -0.05) is 140 Å². The van der Waals surface area contributed by atoms with Crippen LogP contribution in [0.4, 0.5) is 0 Å². The Morgan fingerprint density at radius 1 is 0.449 bits per heavy atom. The monoisotopic (exact) mass is 628 g/mol. The molecule has 0 atom stereocenters. The zero-order chi connectivity index (χ0) is 32.9. The van der Waals surface area contributed by atoms with E-state index in [1.165, 1.54) is 16.3 Å². The number of hydrogen-bond acceptors (Lipinski definition) is 3. The van der Waals surface area contributed by atoms with Crippen molar-refractivity contribution < 1.29 is 4.42 Å². The van der Waals surface area contributed by atoms with Crippen molar-refractivity contribution in [3.8, 4) is 56.2 Å². The molecule has 0 aliphatic heterocycles. The number of benzene rings is 7. The highest BCUT2D eigenvalue weighted by Crippen LogP contribution is 2.44. The first-order valence-corrected chi connectivity index (χ1v) is 16.7. The standard InChI is InChI=1S/C46H32N2O/c1-29-13-12-14-30(2)43(29)46-48-41-28-34(24-26-42(41)49-46)36-25-23-31-15-6-8-19-35(31)44(36)38-21-10-11-22-39(38)45-37-20-9-7-18-33(37)27-40(47-45)32-16-4-3-5-17-32/h3-28H,1-2H3. The fraction of sp³-hybridized carbons (Fsp3) is 0.0435. The van der Waals surface area contributed by atoms with E-state index in [0.29, 0.717) is 5.89 Å². The normalized spacial score (nSPS) is 11.5. The van der Waals surface area contributed by atoms with Gasteiger partial charge in [0.1, 0.15) is 5.52 Å². The van der Waals surface area contributed by atoms with Gasteiger partial charge in [0.2, 0.25) is 5.89 Å². The largest absolute Gasteiger partial charge is 0.436 e. The van der Waals surface area contributed by atoms with Gasteiger partial charge in [-0.05, 0) is 81.6 Å². The minimum atomic E-state index is 0.656. The first-order chi connectivity index (χ1) is 24.1. The molecular formula is C46H32N2O. The predicted molar refractivity (Wildman–Crippen MR) is 203 cm³/mol. The van der Waals surface area contributed by atoms with Crippen LogP contribution in [0.2, 0.25) is 0 Å². The second-order valence-electron chi connectivity index (χ2n) is 12.7. The highest BCUT2D eigenvalue weighted by molar-refractivity contribution is 6.09. The number of nitrogens with zero attached hydrogens (tertiary/aromatic N) is 2. The molecule has 0 spiro atoms. The van der Waals surface area contributed by atoms with Gasteiger partial charge in [-0.3, -0.25) is 0 Å². The summed E-state index contributed by atoms with van der Waals surface area (Å²) < 4.78 is 6.34. The van der Waals surface area contributed by atoms with E-state index in [1.54, 1.807) is 0 Å². The van der Waals surface area contributed by atoms with Gasteiger partial charge in [0.25, 0.3) is 0 Å². The summed E-state index contributed by atoms with van der Waals surface area (Å²) in [7, 11) is 0. The Labute approximate surface area is 285 Å². The van der Waals surface area contributed by atoms with Gasteiger partial charge in [-0.15, -0.1) is 0 Å². The van der Waals surface area contributed by atoms with Crippen LogP contribution < -0.4 is 0 Å². The van der Waals surface area contributed by atoms with Crippen molar-refractivity contribution in [2.24, 2.45) is 0 Å². The van der Waals surface area contributed by atoms with E-state index in [-0.39, 0.29) is 0 Å². The number of oxazole rings is 1. The van der Waals surface area contributed by atoms with Crippen molar-refractivity contribution >= 4 is 32.6 Å². The summed E-state index contributed by atoms with van der Waals surface area (Å²) in [4.78, 5) is 10.4. The van der Waals surface area contributed by atoms with Crippen molar-refractivity contribution in [2.75, 3.05) is 0 Å². The topological polar surface area (TPSA) is 38.9 Å². The molecule has 0 bridgehead atoms. The van der Waals surface area contributed by atoms with Gasteiger partial charge in [-0.2, -0.15) is 0 Å². The summed E-state index contributed by atoms with van der Waals surface area (Å²) in [6.07, 6.45) is 0. The van der Waals surface area contributed by atoms with Crippen LogP contribution in [0.15, 0.2) is 162 Å². The van der Waals surface area contributed by atoms with Gasteiger partial charge in [0, 0.05) is 22.1 Å². The Hall–Kier alpha value is -6.32. The van der Waals surface area contributed by atoms with Crippen LogP contribution >= 0.6 is 0 Å². The molecular weight excluding hydrogens is 597 g/mol. The van der Waals surface area contributed by atoms with Crippen LogP contribution in [0.3, 0.4) is 0 Å². The molecule has 0 saturated heterocycles. The van der Waals surface area contributed by atoms with Crippen LogP contribution in [-0.2, 0) is 0 Å². The summed E-state index contributed by atoms with van der Waals surface area (Å²) in [6.45, 7) is 4.21. The van der Waals surface area contributed by atoms with Crippen molar-refractivity contribution in [3.63, 3.8) is 0 Å². The van der Waals surface area contributed by atoms with E-state index < -0.39 is 0 Å². The lowest BCUT2D eigenvalue weighted by Gasteiger charge is -2.18. The fourth-order valence-corrected chi connectivity index (χ4v) is 7.22. The predicted octanol–water partition coefficient (Wildman–Crippen LogP) is 12.5. The molecule has 7 aromatic carbocycles. The average molecular weight is 629 g/mol. The smallest absolute Gasteiger partial charge is 0.227 e. The van der Waals surface area contributed by atoms with E-state index >= 15 is 0 Å². The van der Waals surface area contributed by atoms with Crippen LogP contribution in [0.25, 0.3) is 88.9 Å². The molecule has 232 valence electrons. The molecule has 0 amide bonds. The minimum absolute atomic E-state index is 0.656. The van der Waals surface area contributed by atoms with Crippen LogP contribution in [0.5, 0.6) is 0 Å². The maximum absolute atomic E-state index is 6.34. The molecule has 9 rings (SSSR count). The number of fused-ring (bicyclic) bond motifs is 3. The average Bonchev–Trinajstić information content (AvgIpc) is 3.57. The highest BCUT2D eigenvalue weighted by atomic mass is 16.3. The summed E-state index contributed by atoms with van der Waals surface area (Å²) in [5.41, 5.74) is 13.6. The molecule has 0 unspecified atom stereocenters. The lowest BCUT2D eigenvalue weighted by Crippen LogP contribution is -1.95. The van der Waals surface area contributed by atoms with Crippen molar-refractivity contribution in [2.45, 2.75) is 13.8 Å². The number of pyridine rings is 1. The third-order valence-electron chi connectivity index (χ3n) is 9.58. The first kappa shape index (κ1) is 28.9. The molecule has 9 aromatic rings. The van der Waals surface area contributed by atoms with E-state index in [0.717, 1.165) is 77.8 Å². The lowest BCUT2D eigenvalue weighted by molar-refractivity contribution is 0.618. The molecule has 2 aromatic heterocycles. The van der Waals surface area contributed by atoms with Gasteiger partial charge in [0.15, 0.2) is 5.58 Å². The van der Waals surface area contributed by atoms with Gasteiger partial charge in [-0.25, -0.2) is 9.97 Å². The zero-order valence-electron chi connectivity index (χ0n) is 27.3. The second-order valence-corrected chi connectivity index (χ2v) is 12.7. The first-order valence-electron chi connectivity index (χ1n) is 16.7. The minimum Gasteiger partial charge on any atom is -0.436 e. The van der Waals surface area contributed by atoms with E-state index in [4.69, 9.17) is 14.4 Å². The molecule has 0 fully saturated rings. The number of aromatic nitrogens is 2. The van der Waals surface area contributed by atoms with Crippen molar-refractivity contribution in [1.82, 2.24) is 9.97 Å². The SMILES string of the molecule is Cc1cccc(C)c1-c1nc2cc(-c3ccc4ccccc4c3-c3ccccc3-c3nc(-c4ccccc4)cc4ccccc34)ccc2o1. The Morgan fingerprint density at radius 2 is 1.14 bits per heavy atom. The lowest BCUT2D eigenvalue weighted by atomic mass is 9.86. The van der Waals surface area contributed by atoms with E-state index in [9.17, 15) is 0 Å².